The second-order valence-electron chi connectivity index (χ2n) is 5.60. The molecule has 0 unspecified atom stereocenters. The molecule has 0 atom stereocenters. The normalized spacial score (nSPS) is 24.1. The fourth-order valence-corrected chi connectivity index (χ4v) is 2.92. The minimum atomic E-state index is -2.80. The van der Waals surface area contributed by atoms with Gasteiger partial charge in [0, 0.05) is 18.8 Å². The lowest BCUT2D eigenvalue weighted by atomic mass is 9.97. The van der Waals surface area contributed by atoms with E-state index < -0.39 is 9.84 Å². The highest BCUT2D eigenvalue weighted by Gasteiger charge is 2.24. The Bertz CT molecular complexity index is 330. The topological polar surface area (TPSA) is 49.4 Å². The summed E-state index contributed by atoms with van der Waals surface area (Å²) in [4.78, 5) is 2.29. The Balaban J connectivity index is 1.59. The van der Waals surface area contributed by atoms with Crippen molar-refractivity contribution in [3.05, 3.63) is 0 Å². The zero-order chi connectivity index (χ0) is 12.3. The lowest BCUT2D eigenvalue weighted by Crippen LogP contribution is -2.39. The largest absolute Gasteiger partial charge is 0.314 e. The maximum Gasteiger partial charge on any atom is 0.148 e. The Morgan fingerprint density at radius 2 is 1.82 bits per heavy atom. The van der Waals surface area contributed by atoms with Crippen molar-refractivity contribution in [2.24, 2.45) is 5.92 Å². The number of nitrogens with one attached hydrogen (secondary N) is 1. The third-order valence-electron chi connectivity index (χ3n) is 3.76. The molecule has 1 aliphatic carbocycles. The highest BCUT2D eigenvalue weighted by Crippen LogP contribution is 2.21. The van der Waals surface area contributed by atoms with Crippen molar-refractivity contribution >= 4 is 9.84 Å². The molecule has 1 heterocycles. The molecule has 0 aromatic heterocycles. The summed E-state index contributed by atoms with van der Waals surface area (Å²) in [6, 6.07) is 0.804. The molecular weight excluding hydrogens is 236 g/mol. The van der Waals surface area contributed by atoms with Gasteiger partial charge in [-0.15, -0.1) is 0 Å². The fraction of sp³-hybridized carbons (Fsp3) is 1.00. The standard InChI is InChI=1S/C12H24N2O2S/c1-17(15,16)9-8-14-6-4-11(5-7-14)10-13-12-2-3-12/h11-13H,2-10H2,1H3. The predicted molar refractivity (Wildman–Crippen MR) is 69.9 cm³/mol. The van der Waals surface area contributed by atoms with Gasteiger partial charge in [-0.1, -0.05) is 0 Å². The van der Waals surface area contributed by atoms with Crippen molar-refractivity contribution in [3.8, 4) is 0 Å². The summed E-state index contributed by atoms with van der Waals surface area (Å²) in [7, 11) is -2.80. The van der Waals surface area contributed by atoms with Gasteiger partial charge in [-0.05, 0) is 51.2 Å². The number of nitrogens with zero attached hydrogens (tertiary/aromatic N) is 1. The quantitative estimate of drug-likeness (QED) is 0.755. The number of likely N-dealkylation sites (tertiary alicyclic amines) is 1. The van der Waals surface area contributed by atoms with Gasteiger partial charge in [0.05, 0.1) is 5.75 Å². The monoisotopic (exact) mass is 260 g/mol. The Kier molecular flexibility index (Phi) is 4.44. The van der Waals surface area contributed by atoms with Gasteiger partial charge in [-0.3, -0.25) is 0 Å². The zero-order valence-corrected chi connectivity index (χ0v) is 11.5. The van der Waals surface area contributed by atoms with Crippen LogP contribution in [-0.2, 0) is 9.84 Å². The Morgan fingerprint density at radius 3 is 2.35 bits per heavy atom. The van der Waals surface area contributed by atoms with E-state index in [1.807, 2.05) is 0 Å². The van der Waals surface area contributed by atoms with Crippen LogP contribution in [0.1, 0.15) is 25.7 Å². The number of hydrogen-bond donors (Lipinski definition) is 1. The summed E-state index contributed by atoms with van der Waals surface area (Å²) in [6.07, 6.45) is 6.45. The number of rotatable bonds is 6. The van der Waals surface area contributed by atoms with E-state index >= 15 is 0 Å². The van der Waals surface area contributed by atoms with E-state index in [0.29, 0.717) is 12.3 Å². The molecule has 0 spiro atoms. The summed E-state index contributed by atoms with van der Waals surface area (Å²) in [5, 5.41) is 3.58. The molecule has 0 bridgehead atoms. The molecule has 0 radical (unpaired) electrons. The first-order chi connectivity index (χ1) is 8.03. The number of sulfone groups is 1. The van der Waals surface area contributed by atoms with E-state index in [1.54, 1.807) is 0 Å². The first-order valence-electron chi connectivity index (χ1n) is 6.66. The molecule has 1 N–H and O–H groups in total. The highest BCUT2D eigenvalue weighted by atomic mass is 32.2. The molecule has 1 saturated heterocycles. The molecule has 0 aromatic carbocycles. The van der Waals surface area contributed by atoms with E-state index in [-0.39, 0.29) is 0 Å². The molecule has 5 heteroatoms. The summed E-state index contributed by atoms with van der Waals surface area (Å²) in [5.41, 5.74) is 0. The van der Waals surface area contributed by atoms with Crippen molar-refractivity contribution in [1.82, 2.24) is 10.2 Å². The zero-order valence-electron chi connectivity index (χ0n) is 10.7. The third kappa shape index (κ3) is 5.36. The molecule has 1 aliphatic heterocycles. The van der Waals surface area contributed by atoms with E-state index in [4.69, 9.17) is 0 Å². The van der Waals surface area contributed by atoms with Gasteiger partial charge in [-0.2, -0.15) is 0 Å². The summed E-state index contributed by atoms with van der Waals surface area (Å²) in [5.74, 6) is 1.10. The second-order valence-corrected chi connectivity index (χ2v) is 7.86. The molecule has 100 valence electrons. The summed E-state index contributed by atoms with van der Waals surface area (Å²) < 4.78 is 22.2. The minimum absolute atomic E-state index is 0.304. The molecule has 17 heavy (non-hydrogen) atoms. The van der Waals surface area contributed by atoms with Gasteiger partial charge in [0.2, 0.25) is 0 Å². The first-order valence-corrected chi connectivity index (χ1v) is 8.72. The van der Waals surface area contributed by atoms with Crippen LogP contribution in [0.5, 0.6) is 0 Å². The molecule has 1 saturated carbocycles. The number of piperidine rings is 1. The predicted octanol–water partition coefficient (Wildman–Crippen LogP) is 0.495. The van der Waals surface area contributed by atoms with Gasteiger partial charge < -0.3 is 10.2 Å². The average Bonchev–Trinajstić information content (AvgIpc) is 3.08. The Hall–Kier alpha value is -0.130. The van der Waals surface area contributed by atoms with Crippen molar-refractivity contribution in [2.75, 3.05) is 38.2 Å². The SMILES string of the molecule is CS(=O)(=O)CCN1CCC(CNC2CC2)CC1. The van der Waals surface area contributed by atoms with Crippen molar-refractivity contribution in [3.63, 3.8) is 0 Å². The third-order valence-corrected chi connectivity index (χ3v) is 4.68. The smallest absolute Gasteiger partial charge is 0.148 e. The van der Waals surface area contributed by atoms with E-state index in [9.17, 15) is 8.42 Å². The molecule has 4 nitrogen and oxygen atoms in total. The summed E-state index contributed by atoms with van der Waals surface area (Å²) >= 11 is 0. The van der Waals surface area contributed by atoms with Gasteiger partial charge in [0.15, 0.2) is 0 Å². The van der Waals surface area contributed by atoms with Crippen LogP contribution in [0.15, 0.2) is 0 Å². The second kappa shape index (κ2) is 5.67. The molecular formula is C12H24N2O2S. The van der Waals surface area contributed by atoms with Crippen LogP contribution < -0.4 is 5.32 Å². The van der Waals surface area contributed by atoms with E-state index in [0.717, 1.165) is 31.6 Å². The van der Waals surface area contributed by atoms with Crippen molar-refractivity contribution in [2.45, 2.75) is 31.7 Å². The highest BCUT2D eigenvalue weighted by molar-refractivity contribution is 7.90. The molecule has 2 rings (SSSR count). The van der Waals surface area contributed by atoms with Gasteiger partial charge in [0.25, 0.3) is 0 Å². The Labute approximate surface area is 105 Å². The first kappa shape index (κ1) is 13.3. The maximum atomic E-state index is 11.1. The van der Waals surface area contributed by atoms with Crippen molar-refractivity contribution < 1.29 is 8.42 Å². The average molecular weight is 260 g/mol. The van der Waals surface area contributed by atoms with Crippen LogP contribution in [-0.4, -0.2) is 57.5 Å². The lowest BCUT2D eigenvalue weighted by Gasteiger charge is -2.31. The van der Waals surface area contributed by atoms with Gasteiger partial charge in [0.1, 0.15) is 9.84 Å². The van der Waals surface area contributed by atoms with Crippen LogP contribution in [0.25, 0.3) is 0 Å². The molecule has 0 amide bonds. The summed E-state index contributed by atoms with van der Waals surface area (Å²) in [6.45, 7) is 3.99. The van der Waals surface area contributed by atoms with Crippen molar-refractivity contribution in [1.29, 1.82) is 0 Å². The van der Waals surface area contributed by atoms with Crippen LogP contribution in [0.4, 0.5) is 0 Å². The maximum absolute atomic E-state index is 11.1. The Morgan fingerprint density at radius 1 is 1.18 bits per heavy atom. The van der Waals surface area contributed by atoms with Gasteiger partial charge >= 0.3 is 0 Å². The fourth-order valence-electron chi connectivity index (χ4n) is 2.33. The van der Waals surface area contributed by atoms with Crippen LogP contribution in [0.2, 0.25) is 0 Å². The molecule has 2 fully saturated rings. The molecule has 0 aromatic rings. The van der Waals surface area contributed by atoms with E-state index in [1.165, 1.54) is 31.9 Å². The number of hydrogen-bond acceptors (Lipinski definition) is 4. The van der Waals surface area contributed by atoms with Crippen LogP contribution in [0, 0.1) is 5.92 Å². The van der Waals surface area contributed by atoms with E-state index in [2.05, 4.69) is 10.2 Å². The van der Waals surface area contributed by atoms with Crippen LogP contribution in [0.3, 0.4) is 0 Å². The van der Waals surface area contributed by atoms with Gasteiger partial charge in [-0.25, -0.2) is 8.42 Å². The van der Waals surface area contributed by atoms with Crippen LogP contribution >= 0.6 is 0 Å². The lowest BCUT2D eigenvalue weighted by molar-refractivity contribution is 0.190. The minimum Gasteiger partial charge on any atom is -0.314 e. The molecule has 2 aliphatic rings.